The quantitative estimate of drug-likeness (QED) is 0.670. The summed E-state index contributed by atoms with van der Waals surface area (Å²) in [5.74, 6) is 0.00818. The van der Waals surface area contributed by atoms with Gasteiger partial charge in [-0.25, -0.2) is 0 Å². The molecule has 6 heteroatoms. The summed E-state index contributed by atoms with van der Waals surface area (Å²) >= 11 is 0. The number of rotatable bonds is 8. The van der Waals surface area contributed by atoms with Gasteiger partial charge in [0, 0.05) is 19.0 Å². The van der Waals surface area contributed by atoms with Crippen molar-refractivity contribution in [3.05, 3.63) is 35.9 Å². The van der Waals surface area contributed by atoms with Crippen molar-refractivity contribution in [1.82, 2.24) is 15.5 Å². The molecule has 6 nitrogen and oxygen atoms in total. The van der Waals surface area contributed by atoms with Gasteiger partial charge in [0.15, 0.2) is 0 Å². The van der Waals surface area contributed by atoms with Crippen molar-refractivity contribution in [2.24, 2.45) is 11.8 Å². The Labute approximate surface area is 186 Å². The minimum absolute atomic E-state index is 0.107. The SMILES string of the molecule is CC(C)C(=O)NC(CC1CCCCC1)C(=O)N(Cc1ccccc1)C1(C#N)CCNC1. The summed E-state index contributed by atoms with van der Waals surface area (Å²) in [6.07, 6.45) is 7.06. The highest BCUT2D eigenvalue weighted by Crippen LogP contribution is 2.30. The minimum atomic E-state index is -0.889. The van der Waals surface area contributed by atoms with Crippen molar-refractivity contribution in [2.45, 2.75) is 76.9 Å². The minimum Gasteiger partial charge on any atom is -0.344 e. The molecule has 1 heterocycles. The standard InChI is InChI=1S/C25H36N4O2/c1-19(2)23(30)28-22(15-20-9-5-3-6-10-20)24(31)29(16-21-11-7-4-8-12-21)25(17-26)13-14-27-18-25/h4,7-8,11-12,19-20,22,27H,3,5-6,9-10,13-16,18H2,1-2H3,(H,28,30). The molecule has 2 aliphatic rings. The zero-order valence-electron chi connectivity index (χ0n) is 18.9. The van der Waals surface area contributed by atoms with Crippen LogP contribution in [-0.4, -0.2) is 41.4 Å². The van der Waals surface area contributed by atoms with Crippen LogP contribution in [0.15, 0.2) is 30.3 Å². The Morgan fingerprint density at radius 3 is 2.52 bits per heavy atom. The maximum absolute atomic E-state index is 14.0. The molecule has 1 aliphatic carbocycles. The van der Waals surface area contributed by atoms with Crippen LogP contribution in [0.5, 0.6) is 0 Å². The molecule has 0 bridgehead atoms. The van der Waals surface area contributed by atoms with Gasteiger partial charge in [0.25, 0.3) is 0 Å². The van der Waals surface area contributed by atoms with E-state index in [2.05, 4.69) is 16.7 Å². The number of amides is 2. The van der Waals surface area contributed by atoms with Crippen molar-refractivity contribution >= 4 is 11.8 Å². The molecule has 168 valence electrons. The lowest BCUT2D eigenvalue weighted by molar-refractivity contribution is -0.142. The predicted molar refractivity (Wildman–Crippen MR) is 121 cm³/mol. The van der Waals surface area contributed by atoms with Crippen LogP contribution in [0.3, 0.4) is 0 Å². The molecule has 1 aromatic rings. The van der Waals surface area contributed by atoms with Crippen LogP contribution in [0.1, 0.15) is 64.4 Å². The van der Waals surface area contributed by atoms with Gasteiger partial charge in [-0.3, -0.25) is 9.59 Å². The summed E-state index contributed by atoms with van der Waals surface area (Å²) in [5.41, 5.74) is 0.101. The fourth-order valence-electron chi connectivity index (χ4n) is 4.78. The smallest absolute Gasteiger partial charge is 0.246 e. The fourth-order valence-corrected chi connectivity index (χ4v) is 4.78. The van der Waals surface area contributed by atoms with Crippen LogP contribution >= 0.6 is 0 Å². The highest BCUT2D eigenvalue weighted by Gasteiger charge is 2.45. The molecule has 1 aromatic carbocycles. The molecule has 31 heavy (non-hydrogen) atoms. The first-order chi connectivity index (χ1) is 14.9. The van der Waals surface area contributed by atoms with Crippen molar-refractivity contribution in [3.8, 4) is 6.07 Å². The molecule has 2 N–H and O–H groups in total. The van der Waals surface area contributed by atoms with E-state index in [0.717, 1.165) is 18.4 Å². The number of nitrogens with one attached hydrogen (secondary N) is 2. The number of benzene rings is 1. The van der Waals surface area contributed by atoms with E-state index in [1.165, 1.54) is 19.3 Å². The van der Waals surface area contributed by atoms with E-state index in [4.69, 9.17) is 0 Å². The fraction of sp³-hybridized carbons (Fsp3) is 0.640. The van der Waals surface area contributed by atoms with E-state index in [1.807, 2.05) is 44.2 Å². The molecular weight excluding hydrogens is 388 g/mol. The number of carbonyl (C=O) groups is 2. The summed E-state index contributed by atoms with van der Waals surface area (Å²) in [5, 5.41) is 16.4. The van der Waals surface area contributed by atoms with Gasteiger partial charge in [-0.05, 0) is 30.9 Å². The highest BCUT2D eigenvalue weighted by atomic mass is 16.2. The molecule has 0 radical (unpaired) electrons. The summed E-state index contributed by atoms with van der Waals surface area (Å²) < 4.78 is 0. The lowest BCUT2D eigenvalue weighted by Crippen LogP contribution is -2.58. The maximum Gasteiger partial charge on any atom is 0.246 e. The number of nitrogens with zero attached hydrogens (tertiary/aromatic N) is 2. The van der Waals surface area contributed by atoms with Crippen LogP contribution in [0.25, 0.3) is 0 Å². The molecular formula is C25H36N4O2. The van der Waals surface area contributed by atoms with E-state index < -0.39 is 11.6 Å². The third-order valence-corrected chi connectivity index (χ3v) is 6.74. The summed E-state index contributed by atoms with van der Waals surface area (Å²) in [6.45, 7) is 5.22. The van der Waals surface area contributed by atoms with E-state index in [1.54, 1.807) is 4.90 Å². The first-order valence-electron chi connectivity index (χ1n) is 11.7. The second kappa shape index (κ2) is 10.8. The van der Waals surface area contributed by atoms with E-state index >= 15 is 0 Å². The lowest BCUT2D eigenvalue weighted by atomic mass is 9.84. The summed E-state index contributed by atoms with van der Waals surface area (Å²) in [6, 6.07) is 11.7. The molecule has 2 atom stereocenters. The normalized spacial score (nSPS) is 22.6. The third kappa shape index (κ3) is 5.86. The van der Waals surface area contributed by atoms with Crippen molar-refractivity contribution < 1.29 is 9.59 Å². The molecule has 0 spiro atoms. The van der Waals surface area contributed by atoms with Gasteiger partial charge >= 0.3 is 0 Å². The Hall–Kier alpha value is -2.39. The number of hydrogen-bond acceptors (Lipinski definition) is 4. The third-order valence-electron chi connectivity index (χ3n) is 6.74. The van der Waals surface area contributed by atoms with Gasteiger partial charge in [-0.1, -0.05) is 76.3 Å². The van der Waals surface area contributed by atoms with Crippen LogP contribution < -0.4 is 10.6 Å². The van der Waals surface area contributed by atoms with Crippen molar-refractivity contribution in [3.63, 3.8) is 0 Å². The molecule has 1 saturated carbocycles. The molecule has 0 aromatic heterocycles. The first kappa shape index (κ1) is 23.3. The molecule has 2 fully saturated rings. The highest BCUT2D eigenvalue weighted by molar-refractivity contribution is 5.89. The number of carbonyl (C=O) groups excluding carboxylic acids is 2. The first-order valence-corrected chi connectivity index (χ1v) is 11.7. The van der Waals surface area contributed by atoms with Crippen LogP contribution in [0.4, 0.5) is 0 Å². The number of nitriles is 1. The second-order valence-electron chi connectivity index (χ2n) is 9.44. The zero-order valence-corrected chi connectivity index (χ0v) is 18.9. The van der Waals surface area contributed by atoms with Crippen LogP contribution in [-0.2, 0) is 16.1 Å². The largest absolute Gasteiger partial charge is 0.344 e. The molecule has 1 aliphatic heterocycles. The molecule has 2 unspecified atom stereocenters. The van der Waals surface area contributed by atoms with Gasteiger partial charge in [0.1, 0.15) is 11.6 Å². The molecule has 1 saturated heterocycles. The van der Waals surface area contributed by atoms with Gasteiger partial charge in [0.05, 0.1) is 6.07 Å². The van der Waals surface area contributed by atoms with Gasteiger partial charge in [0.2, 0.25) is 11.8 Å². The Bertz CT molecular complexity index is 774. The van der Waals surface area contributed by atoms with Crippen molar-refractivity contribution in [1.29, 1.82) is 5.26 Å². The van der Waals surface area contributed by atoms with E-state index in [0.29, 0.717) is 38.4 Å². The van der Waals surface area contributed by atoms with Gasteiger partial charge in [-0.15, -0.1) is 0 Å². The second-order valence-corrected chi connectivity index (χ2v) is 9.44. The van der Waals surface area contributed by atoms with Crippen molar-refractivity contribution in [2.75, 3.05) is 13.1 Å². The lowest BCUT2D eigenvalue weighted by Gasteiger charge is -2.39. The molecule has 2 amide bonds. The van der Waals surface area contributed by atoms with E-state index in [9.17, 15) is 14.9 Å². The molecule has 3 rings (SSSR count). The number of hydrogen-bond donors (Lipinski definition) is 2. The Morgan fingerprint density at radius 2 is 1.94 bits per heavy atom. The van der Waals surface area contributed by atoms with E-state index in [-0.39, 0.29) is 17.7 Å². The average molecular weight is 425 g/mol. The maximum atomic E-state index is 14.0. The Kier molecular flexibility index (Phi) is 8.09. The predicted octanol–water partition coefficient (Wildman–Crippen LogP) is 3.38. The average Bonchev–Trinajstić information content (AvgIpc) is 3.28. The van der Waals surface area contributed by atoms with Crippen LogP contribution in [0, 0.1) is 23.2 Å². The Morgan fingerprint density at radius 1 is 1.23 bits per heavy atom. The summed E-state index contributed by atoms with van der Waals surface area (Å²) in [4.78, 5) is 28.3. The monoisotopic (exact) mass is 424 g/mol. The van der Waals surface area contributed by atoms with Crippen LogP contribution in [0.2, 0.25) is 0 Å². The topological polar surface area (TPSA) is 85.2 Å². The Balaban J connectivity index is 1.89. The van der Waals surface area contributed by atoms with Gasteiger partial charge in [-0.2, -0.15) is 5.26 Å². The zero-order chi connectivity index (χ0) is 22.3. The summed E-state index contributed by atoms with van der Waals surface area (Å²) in [7, 11) is 0. The van der Waals surface area contributed by atoms with Gasteiger partial charge < -0.3 is 15.5 Å².